The predicted molar refractivity (Wildman–Crippen MR) is 83.0 cm³/mol. The monoisotopic (exact) mass is 320 g/mol. The van der Waals surface area contributed by atoms with Crippen LogP contribution >= 0.6 is 11.3 Å². The van der Waals surface area contributed by atoms with Crippen molar-refractivity contribution in [2.24, 2.45) is 11.8 Å². The van der Waals surface area contributed by atoms with Gasteiger partial charge in [-0.15, -0.1) is 11.3 Å². The fraction of sp³-hybridized carbons (Fsp3) is 0.562. The number of hydrogen-bond acceptors (Lipinski definition) is 4. The lowest BCUT2D eigenvalue weighted by atomic mass is 9.81. The number of hydrogen-bond donors (Lipinski definition) is 1. The highest BCUT2D eigenvalue weighted by Crippen LogP contribution is 2.37. The third kappa shape index (κ3) is 3.06. The molecule has 2 aliphatic rings. The molecule has 1 aromatic rings. The predicted octanol–water partition coefficient (Wildman–Crippen LogP) is 1.93. The average molecular weight is 320 g/mol. The summed E-state index contributed by atoms with van der Waals surface area (Å²) in [7, 11) is 0. The normalized spacial score (nSPS) is 24.5. The van der Waals surface area contributed by atoms with Gasteiger partial charge in [0.1, 0.15) is 0 Å². The van der Waals surface area contributed by atoms with Gasteiger partial charge in [0.2, 0.25) is 17.7 Å². The fourth-order valence-corrected chi connectivity index (χ4v) is 4.00. The zero-order valence-electron chi connectivity index (χ0n) is 12.4. The highest BCUT2D eigenvalue weighted by Gasteiger charge is 2.47. The van der Waals surface area contributed by atoms with Gasteiger partial charge >= 0.3 is 0 Å². The van der Waals surface area contributed by atoms with E-state index in [4.69, 9.17) is 0 Å². The molecule has 118 valence electrons. The van der Waals surface area contributed by atoms with Crippen molar-refractivity contribution in [3.8, 4) is 0 Å². The molecular formula is C16H20N2O3S. The Balaban J connectivity index is 1.49. The number of imide groups is 1. The van der Waals surface area contributed by atoms with Crippen LogP contribution in [0.5, 0.6) is 0 Å². The van der Waals surface area contributed by atoms with Gasteiger partial charge in [-0.2, -0.15) is 0 Å². The minimum absolute atomic E-state index is 0.0687. The van der Waals surface area contributed by atoms with Crippen LogP contribution < -0.4 is 5.32 Å². The summed E-state index contributed by atoms with van der Waals surface area (Å²) in [5.74, 6) is -0.517. The molecule has 3 amide bonds. The van der Waals surface area contributed by atoms with Gasteiger partial charge in [-0.05, 0) is 24.3 Å². The molecule has 1 aliphatic heterocycles. The van der Waals surface area contributed by atoms with E-state index in [1.165, 1.54) is 4.90 Å². The minimum Gasteiger partial charge on any atom is -0.351 e. The molecule has 6 heteroatoms. The average Bonchev–Trinajstić information content (AvgIpc) is 3.13. The quantitative estimate of drug-likeness (QED) is 0.843. The lowest BCUT2D eigenvalue weighted by molar-refractivity contribution is -0.140. The Bertz CT molecular complexity index is 546. The maximum atomic E-state index is 12.3. The van der Waals surface area contributed by atoms with E-state index in [1.54, 1.807) is 11.3 Å². The molecule has 1 saturated carbocycles. The Kier molecular flexibility index (Phi) is 4.57. The highest BCUT2D eigenvalue weighted by molar-refractivity contribution is 7.09. The van der Waals surface area contributed by atoms with E-state index in [1.807, 2.05) is 17.5 Å². The van der Waals surface area contributed by atoms with E-state index < -0.39 is 0 Å². The molecule has 0 spiro atoms. The van der Waals surface area contributed by atoms with Crippen LogP contribution in [0.1, 0.15) is 37.0 Å². The van der Waals surface area contributed by atoms with Gasteiger partial charge in [-0.1, -0.05) is 18.9 Å². The van der Waals surface area contributed by atoms with E-state index in [0.717, 1.165) is 30.6 Å². The fourth-order valence-electron chi connectivity index (χ4n) is 3.35. The number of carbonyl (C=O) groups is 3. The molecule has 2 atom stereocenters. The molecule has 0 unspecified atom stereocenters. The molecule has 5 nitrogen and oxygen atoms in total. The van der Waals surface area contributed by atoms with E-state index in [2.05, 4.69) is 5.32 Å². The maximum absolute atomic E-state index is 12.3. The maximum Gasteiger partial charge on any atom is 0.233 e. The largest absolute Gasteiger partial charge is 0.351 e. The van der Waals surface area contributed by atoms with Crippen LogP contribution in [0.3, 0.4) is 0 Å². The molecule has 1 saturated heterocycles. The lowest BCUT2D eigenvalue weighted by Crippen LogP contribution is -2.35. The van der Waals surface area contributed by atoms with Crippen LogP contribution in [0, 0.1) is 11.8 Å². The first-order valence-electron chi connectivity index (χ1n) is 7.81. The molecule has 3 rings (SSSR count). The van der Waals surface area contributed by atoms with Crippen molar-refractivity contribution >= 4 is 29.1 Å². The third-order valence-corrected chi connectivity index (χ3v) is 5.41. The molecule has 0 radical (unpaired) electrons. The smallest absolute Gasteiger partial charge is 0.233 e. The van der Waals surface area contributed by atoms with Crippen LogP contribution in [-0.2, 0) is 20.9 Å². The van der Waals surface area contributed by atoms with Gasteiger partial charge in [-0.3, -0.25) is 19.3 Å². The molecule has 2 heterocycles. The van der Waals surface area contributed by atoms with Crippen LogP contribution in [0.15, 0.2) is 17.5 Å². The number of nitrogens with one attached hydrogen (secondary N) is 1. The first kappa shape index (κ1) is 15.2. The summed E-state index contributed by atoms with van der Waals surface area (Å²) >= 11 is 1.59. The Morgan fingerprint density at radius 3 is 2.50 bits per heavy atom. The summed E-state index contributed by atoms with van der Waals surface area (Å²) in [4.78, 5) is 38.8. The number of thiophene rings is 1. The van der Waals surface area contributed by atoms with Gasteiger partial charge < -0.3 is 5.32 Å². The Labute approximate surface area is 133 Å². The number of carbonyl (C=O) groups excluding carboxylic acids is 3. The molecule has 0 bridgehead atoms. The number of amides is 3. The summed E-state index contributed by atoms with van der Waals surface area (Å²) in [6.45, 7) is 0.713. The van der Waals surface area contributed by atoms with E-state index in [9.17, 15) is 14.4 Å². The Morgan fingerprint density at radius 1 is 1.23 bits per heavy atom. The highest BCUT2D eigenvalue weighted by atomic mass is 32.1. The van der Waals surface area contributed by atoms with Gasteiger partial charge in [-0.25, -0.2) is 0 Å². The van der Waals surface area contributed by atoms with Crippen LogP contribution in [0.2, 0.25) is 0 Å². The summed E-state index contributed by atoms with van der Waals surface area (Å²) < 4.78 is 0. The second-order valence-corrected chi connectivity index (χ2v) is 6.96. The first-order valence-corrected chi connectivity index (χ1v) is 8.69. The molecule has 1 N–H and O–H groups in total. The molecule has 1 aromatic heterocycles. The Morgan fingerprint density at radius 2 is 1.91 bits per heavy atom. The van der Waals surface area contributed by atoms with Gasteiger partial charge in [0.05, 0.1) is 18.4 Å². The number of fused-ring (bicyclic) bond motifs is 1. The number of likely N-dealkylation sites (tertiary alicyclic amines) is 1. The summed E-state index contributed by atoms with van der Waals surface area (Å²) in [6, 6.07) is 3.90. The van der Waals surface area contributed by atoms with Crippen molar-refractivity contribution in [1.29, 1.82) is 0 Å². The summed E-state index contributed by atoms with van der Waals surface area (Å²) in [5, 5.41) is 4.79. The van der Waals surface area contributed by atoms with Gasteiger partial charge in [0, 0.05) is 17.8 Å². The van der Waals surface area contributed by atoms with E-state index in [0.29, 0.717) is 6.54 Å². The standard InChI is InChI=1S/C16H20N2O3S/c19-14(17-10-11-4-3-9-22-11)7-8-18-15(20)12-5-1-2-6-13(12)16(18)21/h3-4,9,12-13H,1-2,5-8,10H2,(H,17,19)/t12-,13-/m1/s1. The zero-order chi connectivity index (χ0) is 15.5. The number of nitrogens with zero attached hydrogens (tertiary/aromatic N) is 1. The van der Waals surface area contributed by atoms with Crippen molar-refractivity contribution in [2.45, 2.75) is 38.6 Å². The third-order valence-electron chi connectivity index (χ3n) is 4.53. The zero-order valence-corrected chi connectivity index (χ0v) is 13.2. The van der Waals surface area contributed by atoms with Crippen molar-refractivity contribution < 1.29 is 14.4 Å². The Hall–Kier alpha value is -1.69. The van der Waals surface area contributed by atoms with E-state index in [-0.39, 0.29) is 42.5 Å². The molecule has 0 aromatic carbocycles. The van der Waals surface area contributed by atoms with Crippen molar-refractivity contribution in [2.75, 3.05) is 6.54 Å². The first-order chi connectivity index (χ1) is 10.7. The molecule has 2 fully saturated rings. The van der Waals surface area contributed by atoms with Gasteiger partial charge in [0.25, 0.3) is 0 Å². The van der Waals surface area contributed by atoms with Crippen molar-refractivity contribution in [1.82, 2.24) is 10.2 Å². The lowest BCUT2D eigenvalue weighted by Gasteiger charge is -2.19. The molecular weight excluding hydrogens is 300 g/mol. The van der Waals surface area contributed by atoms with E-state index >= 15 is 0 Å². The van der Waals surface area contributed by atoms with Crippen LogP contribution in [0.4, 0.5) is 0 Å². The molecule has 22 heavy (non-hydrogen) atoms. The summed E-state index contributed by atoms with van der Waals surface area (Å²) in [6.07, 6.45) is 3.86. The van der Waals surface area contributed by atoms with Crippen molar-refractivity contribution in [3.05, 3.63) is 22.4 Å². The van der Waals surface area contributed by atoms with Crippen LogP contribution in [0.25, 0.3) is 0 Å². The topological polar surface area (TPSA) is 66.5 Å². The van der Waals surface area contributed by atoms with Gasteiger partial charge in [0.15, 0.2) is 0 Å². The molecule has 1 aliphatic carbocycles. The SMILES string of the molecule is O=C(CCN1C(=O)[C@@H]2CCCC[C@H]2C1=O)NCc1cccs1. The minimum atomic E-state index is -0.129. The number of rotatable bonds is 5. The second kappa shape index (κ2) is 6.60. The summed E-state index contributed by atoms with van der Waals surface area (Å²) in [5.41, 5.74) is 0. The van der Waals surface area contributed by atoms with Crippen molar-refractivity contribution in [3.63, 3.8) is 0 Å². The van der Waals surface area contributed by atoms with Crippen LogP contribution in [-0.4, -0.2) is 29.2 Å². The second-order valence-electron chi connectivity index (χ2n) is 5.93.